The van der Waals surface area contributed by atoms with Crippen LogP contribution >= 0.6 is 0 Å². The maximum absolute atomic E-state index is 13.4. The molecule has 0 amide bonds. The van der Waals surface area contributed by atoms with E-state index in [9.17, 15) is 14.5 Å². The molecule has 0 aliphatic heterocycles. The lowest BCUT2D eigenvalue weighted by Crippen LogP contribution is -1.99. The fourth-order valence-corrected chi connectivity index (χ4v) is 1.59. The predicted molar refractivity (Wildman–Crippen MR) is 67.5 cm³/mol. The SMILES string of the molecule is Cc1ccc(Nc2cccc(F)c2[N+](=O)[O-])cc1. The number of nitro benzene ring substituents is 1. The van der Waals surface area contributed by atoms with Gasteiger partial charge in [-0.15, -0.1) is 0 Å². The molecule has 0 bridgehead atoms. The third-order valence-electron chi connectivity index (χ3n) is 2.50. The number of benzene rings is 2. The van der Waals surface area contributed by atoms with Crippen LogP contribution in [0.2, 0.25) is 0 Å². The summed E-state index contributed by atoms with van der Waals surface area (Å²) in [6.45, 7) is 1.94. The summed E-state index contributed by atoms with van der Waals surface area (Å²) in [5.41, 5.74) is 1.35. The molecule has 0 aliphatic rings. The smallest absolute Gasteiger partial charge is 0.327 e. The molecule has 0 aromatic heterocycles. The molecule has 92 valence electrons. The van der Waals surface area contributed by atoms with Gasteiger partial charge in [0.1, 0.15) is 5.69 Å². The summed E-state index contributed by atoms with van der Waals surface area (Å²) in [7, 11) is 0. The second-order valence-corrected chi connectivity index (χ2v) is 3.88. The number of nitrogens with one attached hydrogen (secondary N) is 1. The molecule has 0 saturated heterocycles. The lowest BCUT2D eigenvalue weighted by atomic mass is 10.2. The number of anilines is 2. The minimum Gasteiger partial charge on any atom is -0.350 e. The van der Waals surface area contributed by atoms with E-state index in [1.165, 1.54) is 12.1 Å². The van der Waals surface area contributed by atoms with Crippen LogP contribution in [0.5, 0.6) is 0 Å². The fourth-order valence-electron chi connectivity index (χ4n) is 1.59. The summed E-state index contributed by atoms with van der Waals surface area (Å²) in [6.07, 6.45) is 0. The Labute approximate surface area is 103 Å². The molecule has 0 saturated carbocycles. The summed E-state index contributed by atoms with van der Waals surface area (Å²) in [4.78, 5) is 10.1. The zero-order valence-electron chi connectivity index (χ0n) is 9.68. The summed E-state index contributed by atoms with van der Waals surface area (Å²) in [5, 5.41) is 13.7. The van der Waals surface area contributed by atoms with E-state index in [2.05, 4.69) is 5.32 Å². The average molecular weight is 246 g/mol. The quantitative estimate of drug-likeness (QED) is 0.662. The molecule has 4 nitrogen and oxygen atoms in total. The molecule has 0 radical (unpaired) electrons. The van der Waals surface area contributed by atoms with E-state index in [-0.39, 0.29) is 5.69 Å². The highest BCUT2D eigenvalue weighted by molar-refractivity contribution is 5.69. The third kappa shape index (κ3) is 2.45. The van der Waals surface area contributed by atoms with Gasteiger partial charge in [-0.05, 0) is 31.2 Å². The van der Waals surface area contributed by atoms with Gasteiger partial charge in [-0.2, -0.15) is 4.39 Å². The van der Waals surface area contributed by atoms with Gasteiger partial charge in [-0.1, -0.05) is 23.8 Å². The first-order valence-corrected chi connectivity index (χ1v) is 5.34. The van der Waals surface area contributed by atoms with Crippen LogP contribution in [-0.4, -0.2) is 4.92 Å². The van der Waals surface area contributed by atoms with Gasteiger partial charge < -0.3 is 5.32 Å². The number of nitro groups is 1. The standard InChI is InChI=1S/C13H11FN2O2/c1-9-5-7-10(8-6-9)15-12-4-2-3-11(14)13(12)16(17)18/h2-8,15H,1H3. The highest BCUT2D eigenvalue weighted by Crippen LogP contribution is 2.29. The lowest BCUT2D eigenvalue weighted by Gasteiger charge is -2.07. The number of nitrogens with zero attached hydrogens (tertiary/aromatic N) is 1. The maximum Gasteiger partial charge on any atom is 0.327 e. The molecule has 0 unspecified atom stereocenters. The first-order chi connectivity index (χ1) is 8.58. The molecule has 0 heterocycles. The monoisotopic (exact) mass is 246 g/mol. The van der Waals surface area contributed by atoms with Gasteiger partial charge in [0.25, 0.3) is 0 Å². The Hall–Kier alpha value is -2.43. The number of hydrogen-bond acceptors (Lipinski definition) is 3. The zero-order valence-corrected chi connectivity index (χ0v) is 9.68. The topological polar surface area (TPSA) is 55.2 Å². The van der Waals surface area contributed by atoms with Gasteiger partial charge >= 0.3 is 5.69 Å². The first-order valence-electron chi connectivity index (χ1n) is 5.34. The highest BCUT2D eigenvalue weighted by atomic mass is 19.1. The minimum atomic E-state index is -0.850. The van der Waals surface area contributed by atoms with Gasteiger partial charge in [0.05, 0.1) is 4.92 Å². The van der Waals surface area contributed by atoms with E-state index in [0.29, 0.717) is 5.69 Å². The Morgan fingerprint density at radius 2 is 1.83 bits per heavy atom. The molecule has 1 N–H and O–H groups in total. The van der Waals surface area contributed by atoms with Crippen molar-refractivity contribution >= 4 is 17.1 Å². The molecule has 0 aliphatic carbocycles. The lowest BCUT2D eigenvalue weighted by molar-refractivity contribution is -0.386. The van der Waals surface area contributed by atoms with E-state index >= 15 is 0 Å². The van der Waals surface area contributed by atoms with E-state index < -0.39 is 16.4 Å². The van der Waals surface area contributed by atoms with Crippen molar-refractivity contribution in [3.05, 3.63) is 64.0 Å². The molecule has 18 heavy (non-hydrogen) atoms. The van der Waals surface area contributed by atoms with Crippen LogP contribution in [0.3, 0.4) is 0 Å². The van der Waals surface area contributed by atoms with E-state index in [0.717, 1.165) is 11.6 Å². The van der Waals surface area contributed by atoms with Crippen LogP contribution in [0.4, 0.5) is 21.5 Å². The molecule has 2 rings (SSSR count). The Bertz CT molecular complexity index is 582. The molecule has 2 aromatic carbocycles. The molecule has 5 heteroatoms. The van der Waals surface area contributed by atoms with Crippen molar-refractivity contribution in [2.45, 2.75) is 6.92 Å². The Morgan fingerprint density at radius 1 is 1.17 bits per heavy atom. The minimum absolute atomic E-state index is 0.142. The Balaban J connectivity index is 2.37. The van der Waals surface area contributed by atoms with Crippen LogP contribution < -0.4 is 5.32 Å². The van der Waals surface area contributed by atoms with Crippen LogP contribution in [0.15, 0.2) is 42.5 Å². The van der Waals surface area contributed by atoms with E-state index in [1.54, 1.807) is 12.1 Å². The second kappa shape index (κ2) is 4.83. The average Bonchev–Trinajstić information content (AvgIpc) is 2.32. The van der Waals surface area contributed by atoms with Crippen molar-refractivity contribution in [2.75, 3.05) is 5.32 Å². The predicted octanol–water partition coefficient (Wildman–Crippen LogP) is 3.79. The Morgan fingerprint density at radius 3 is 2.44 bits per heavy atom. The van der Waals surface area contributed by atoms with Gasteiger partial charge in [0, 0.05) is 5.69 Å². The summed E-state index contributed by atoms with van der Waals surface area (Å²) in [6, 6.07) is 11.3. The van der Waals surface area contributed by atoms with Crippen molar-refractivity contribution in [1.29, 1.82) is 0 Å². The van der Waals surface area contributed by atoms with Gasteiger partial charge in [-0.3, -0.25) is 10.1 Å². The summed E-state index contributed by atoms with van der Waals surface area (Å²) < 4.78 is 13.4. The number of hydrogen-bond donors (Lipinski definition) is 1. The highest BCUT2D eigenvalue weighted by Gasteiger charge is 2.19. The first kappa shape index (κ1) is 12.0. The van der Waals surface area contributed by atoms with Crippen LogP contribution in [0.1, 0.15) is 5.56 Å². The molecular formula is C13H11FN2O2. The van der Waals surface area contributed by atoms with E-state index in [4.69, 9.17) is 0 Å². The van der Waals surface area contributed by atoms with Gasteiger partial charge in [0.15, 0.2) is 0 Å². The fraction of sp³-hybridized carbons (Fsp3) is 0.0769. The van der Waals surface area contributed by atoms with Crippen molar-refractivity contribution in [1.82, 2.24) is 0 Å². The van der Waals surface area contributed by atoms with E-state index in [1.807, 2.05) is 19.1 Å². The number of halogens is 1. The molecule has 0 atom stereocenters. The zero-order chi connectivity index (χ0) is 13.1. The molecule has 0 spiro atoms. The molecule has 0 fully saturated rings. The summed E-state index contributed by atoms with van der Waals surface area (Å²) in [5.74, 6) is -0.850. The van der Waals surface area contributed by atoms with Crippen LogP contribution in [-0.2, 0) is 0 Å². The van der Waals surface area contributed by atoms with Gasteiger partial charge in [-0.25, -0.2) is 0 Å². The van der Waals surface area contributed by atoms with Crippen LogP contribution in [0, 0.1) is 22.9 Å². The van der Waals surface area contributed by atoms with Gasteiger partial charge in [0.2, 0.25) is 5.82 Å². The van der Waals surface area contributed by atoms with Crippen molar-refractivity contribution in [2.24, 2.45) is 0 Å². The van der Waals surface area contributed by atoms with Crippen molar-refractivity contribution < 1.29 is 9.31 Å². The maximum atomic E-state index is 13.4. The third-order valence-corrected chi connectivity index (χ3v) is 2.50. The summed E-state index contributed by atoms with van der Waals surface area (Å²) >= 11 is 0. The second-order valence-electron chi connectivity index (χ2n) is 3.88. The van der Waals surface area contributed by atoms with Crippen LogP contribution in [0.25, 0.3) is 0 Å². The van der Waals surface area contributed by atoms with Crippen molar-refractivity contribution in [3.63, 3.8) is 0 Å². The Kier molecular flexibility index (Phi) is 3.23. The number of rotatable bonds is 3. The molecule has 2 aromatic rings. The van der Waals surface area contributed by atoms with Crippen molar-refractivity contribution in [3.8, 4) is 0 Å². The largest absolute Gasteiger partial charge is 0.350 e. The number of para-hydroxylation sites is 1. The number of aryl methyl sites for hydroxylation is 1. The normalized spacial score (nSPS) is 10.1. The molecular weight excluding hydrogens is 235 g/mol.